The second-order valence-electron chi connectivity index (χ2n) is 6.94. The van der Waals surface area contributed by atoms with Gasteiger partial charge in [-0.2, -0.15) is 0 Å². The molecule has 0 aliphatic carbocycles. The lowest BCUT2D eigenvalue weighted by atomic mass is 10.1. The van der Waals surface area contributed by atoms with Crippen LogP contribution < -0.4 is 5.32 Å². The lowest BCUT2D eigenvalue weighted by Crippen LogP contribution is -2.28. The average Bonchev–Trinajstić information content (AvgIpc) is 3.40. The Morgan fingerprint density at radius 3 is 2.57 bits per heavy atom. The highest BCUT2D eigenvalue weighted by Crippen LogP contribution is 2.25. The number of rotatable bonds is 7. The zero-order valence-corrected chi connectivity index (χ0v) is 18.0. The minimum Gasteiger partial charge on any atom is -0.347 e. The van der Waals surface area contributed by atoms with E-state index >= 15 is 0 Å². The van der Waals surface area contributed by atoms with Crippen LogP contribution in [0.15, 0.2) is 65.4 Å². The number of thiazole rings is 2. The number of nitrogens with zero attached hydrogens (tertiary/aromatic N) is 2. The molecule has 1 atom stereocenters. The van der Waals surface area contributed by atoms with Crippen LogP contribution in [-0.2, 0) is 17.6 Å². The van der Waals surface area contributed by atoms with Gasteiger partial charge in [0.05, 0.1) is 28.9 Å². The van der Waals surface area contributed by atoms with E-state index in [4.69, 9.17) is 0 Å². The first-order valence-electron chi connectivity index (χ1n) is 9.55. The molecule has 4 aromatic rings. The fourth-order valence-electron chi connectivity index (χ4n) is 3.03. The van der Waals surface area contributed by atoms with Crippen molar-refractivity contribution in [3.63, 3.8) is 0 Å². The van der Waals surface area contributed by atoms with Crippen LogP contribution in [0.1, 0.15) is 34.2 Å². The summed E-state index contributed by atoms with van der Waals surface area (Å²) < 4.78 is 13.0. The van der Waals surface area contributed by atoms with Crippen molar-refractivity contribution in [3.8, 4) is 11.3 Å². The van der Waals surface area contributed by atoms with E-state index in [1.165, 1.54) is 23.5 Å². The van der Waals surface area contributed by atoms with E-state index in [0.717, 1.165) is 32.5 Å². The molecule has 0 saturated heterocycles. The highest BCUT2D eigenvalue weighted by molar-refractivity contribution is 7.10. The molecule has 2 aromatic heterocycles. The Kier molecular flexibility index (Phi) is 6.30. The lowest BCUT2D eigenvalue weighted by molar-refractivity contribution is -0.121. The van der Waals surface area contributed by atoms with E-state index in [2.05, 4.69) is 15.3 Å². The summed E-state index contributed by atoms with van der Waals surface area (Å²) in [5, 5.41) is 8.70. The molecule has 0 radical (unpaired) electrons. The summed E-state index contributed by atoms with van der Waals surface area (Å²) in [4.78, 5) is 21.7. The Morgan fingerprint density at radius 1 is 1.03 bits per heavy atom. The molecule has 4 nitrogen and oxygen atoms in total. The topological polar surface area (TPSA) is 54.9 Å². The highest BCUT2D eigenvalue weighted by Gasteiger charge is 2.15. The Labute approximate surface area is 182 Å². The molecule has 0 aliphatic heterocycles. The summed E-state index contributed by atoms with van der Waals surface area (Å²) >= 11 is 3.05. The molecule has 0 spiro atoms. The second-order valence-corrected chi connectivity index (χ2v) is 8.77. The third-order valence-corrected chi connectivity index (χ3v) is 6.47. The Balaban J connectivity index is 1.33. The maximum absolute atomic E-state index is 13.0. The third kappa shape index (κ3) is 5.17. The van der Waals surface area contributed by atoms with Gasteiger partial charge in [0.2, 0.25) is 5.91 Å². The Morgan fingerprint density at radius 2 is 1.80 bits per heavy atom. The van der Waals surface area contributed by atoms with Gasteiger partial charge in [-0.15, -0.1) is 22.7 Å². The van der Waals surface area contributed by atoms with Crippen LogP contribution in [0, 0.1) is 5.82 Å². The van der Waals surface area contributed by atoms with Crippen molar-refractivity contribution in [1.82, 2.24) is 15.3 Å². The SMILES string of the molecule is CC(NC(=O)Cc1csc(Cc2ccc(F)cc2)n1)c1nc(-c2ccccc2)cs1. The van der Waals surface area contributed by atoms with Gasteiger partial charge in [-0.3, -0.25) is 4.79 Å². The zero-order chi connectivity index (χ0) is 20.9. The molecule has 2 aromatic carbocycles. The molecule has 1 amide bonds. The summed E-state index contributed by atoms with van der Waals surface area (Å²) in [5.74, 6) is -0.335. The molecule has 0 fully saturated rings. The first-order chi connectivity index (χ1) is 14.6. The Bertz CT molecular complexity index is 1120. The molecule has 30 heavy (non-hydrogen) atoms. The lowest BCUT2D eigenvalue weighted by Gasteiger charge is -2.10. The smallest absolute Gasteiger partial charge is 0.226 e. The maximum Gasteiger partial charge on any atom is 0.226 e. The molecule has 0 saturated carbocycles. The fraction of sp³-hybridized carbons (Fsp3) is 0.174. The number of carbonyl (C=O) groups is 1. The number of amides is 1. The number of hydrogen-bond donors (Lipinski definition) is 1. The number of halogens is 1. The second kappa shape index (κ2) is 9.28. The molecule has 0 bridgehead atoms. The number of aromatic nitrogens is 2. The highest BCUT2D eigenvalue weighted by atomic mass is 32.1. The number of nitrogens with one attached hydrogen (secondary N) is 1. The molecule has 4 rings (SSSR count). The van der Waals surface area contributed by atoms with Gasteiger partial charge in [0, 0.05) is 22.7 Å². The van der Waals surface area contributed by atoms with Crippen LogP contribution in [0.5, 0.6) is 0 Å². The van der Waals surface area contributed by atoms with Crippen LogP contribution >= 0.6 is 22.7 Å². The molecule has 2 heterocycles. The monoisotopic (exact) mass is 437 g/mol. The molecule has 152 valence electrons. The van der Waals surface area contributed by atoms with Gasteiger partial charge >= 0.3 is 0 Å². The van der Waals surface area contributed by atoms with Crippen molar-refractivity contribution >= 4 is 28.6 Å². The summed E-state index contributed by atoms with van der Waals surface area (Å²) in [7, 11) is 0. The van der Waals surface area contributed by atoms with E-state index in [-0.39, 0.29) is 24.2 Å². The first kappa shape index (κ1) is 20.4. The van der Waals surface area contributed by atoms with Gasteiger partial charge in [-0.05, 0) is 24.6 Å². The standard InChI is InChI=1S/C23H20FN3OS2/c1-15(23-27-20(14-30-23)17-5-3-2-4-6-17)25-21(28)12-19-13-29-22(26-19)11-16-7-9-18(24)10-8-16/h2-10,13-15H,11-12H2,1H3,(H,25,28). The van der Waals surface area contributed by atoms with Crippen LogP contribution in [-0.4, -0.2) is 15.9 Å². The van der Waals surface area contributed by atoms with Crippen molar-refractivity contribution in [2.45, 2.75) is 25.8 Å². The van der Waals surface area contributed by atoms with Crippen LogP contribution in [0.4, 0.5) is 4.39 Å². The summed E-state index contributed by atoms with van der Waals surface area (Å²) in [6, 6.07) is 16.2. The first-order valence-corrected chi connectivity index (χ1v) is 11.3. The van der Waals surface area contributed by atoms with Crippen LogP contribution in [0.3, 0.4) is 0 Å². The third-order valence-electron chi connectivity index (χ3n) is 4.55. The largest absolute Gasteiger partial charge is 0.347 e. The van der Waals surface area contributed by atoms with Crippen molar-refractivity contribution in [3.05, 3.63) is 92.4 Å². The molecule has 0 aliphatic rings. The van der Waals surface area contributed by atoms with Crippen molar-refractivity contribution < 1.29 is 9.18 Å². The predicted molar refractivity (Wildman–Crippen MR) is 119 cm³/mol. The van der Waals surface area contributed by atoms with E-state index in [1.807, 2.05) is 48.0 Å². The van der Waals surface area contributed by atoms with Crippen molar-refractivity contribution in [2.24, 2.45) is 0 Å². The van der Waals surface area contributed by atoms with Gasteiger partial charge in [-0.1, -0.05) is 42.5 Å². The molecule has 1 unspecified atom stereocenters. The minimum absolute atomic E-state index is 0.0856. The van der Waals surface area contributed by atoms with Gasteiger partial charge in [0.1, 0.15) is 10.8 Å². The minimum atomic E-state index is -0.250. The van der Waals surface area contributed by atoms with Crippen LogP contribution in [0.2, 0.25) is 0 Å². The normalized spacial score (nSPS) is 11.9. The van der Waals surface area contributed by atoms with Crippen LogP contribution in [0.25, 0.3) is 11.3 Å². The summed E-state index contributed by atoms with van der Waals surface area (Å²) in [6.07, 6.45) is 0.853. The number of hydrogen-bond acceptors (Lipinski definition) is 5. The van der Waals surface area contributed by atoms with E-state index in [0.29, 0.717) is 6.42 Å². The van der Waals surface area contributed by atoms with Gasteiger partial charge in [0.15, 0.2) is 0 Å². The van der Waals surface area contributed by atoms with E-state index in [9.17, 15) is 9.18 Å². The van der Waals surface area contributed by atoms with Crippen molar-refractivity contribution in [1.29, 1.82) is 0 Å². The fourth-order valence-corrected chi connectivity index (χ4v) is 4.70. The predicted octanol–water partition coefficient (Wildman–Crippen LogP) is 5.42. The van der Waals surface area contributed by atoms with E-state index in [1.54, 1.807) is 23.5 Å². The van der Waals surface area contributed by atoms with Gasteiger partial charge in [0.25, 0.3) is 0 Å². The number of benzene rings is 2. The molecule has 1 N–H and O–H groups in total. The molecular formula is C23H20FN3OS2. The van der Waals surface area contributed by atoms with Gasteiger partial charge in [-0.25, -0.2) is 14.4 Å². The average molecular weight is 438 g/mol. The van der Waals surface area contributed by atoms with Gasteiger partial charge < -0.3 is 5.32 Å². The van der Waals surface area contributed by atoms with E-state index < -0.39 is 0 Å². The summed E-state index contributed by atoms with van der Waals surface area (Å²) in [5.41, 5.74) is 3.72. The van der Waals surface area contributed by atoms with Crippen molar-refractivity contribution in [2.75, 3.05) is 0 Å². The number of carbonyl (C=O) groups excluding carboxylic acids is 1. The quantitative estimate of drug-likeness (QED) is 0.420. The molecule has 7 heteroatoms. The maximum atomic E-state index is 13.0. The zero-order valence-electron chi connectivity index (χ0n) is 16.3. The molecular weight excluding hydrogens is 417 g/mol. The Hall–Kier alpha value is -2.90. The summed E-state index contributed by atoms with van der Waals surface area (Å²) in [6.45, 7) is 1.94.